The zero-order valence-electron chi connectivity index (χ0n) is 18.8. The summed E-state index contributed by atoms with van der Waals surface area (Å²) in [6.07, 6.45) is 3.26. The summed E-state index contributed by atoms with van der Waals surface area (Å²) >= 11 is 1.28. The number of carbonyl (C=O) groups is 1. The number of benzene rings is 1. The topological polar surface area (TPSA) is 73.8 Å². The molecule has 6 nitrogen and oxygen atoms in total. The van der Waals surface area contributed by atoms with E-state index in [1.165, 1.54) is 16.9 Å². The second kappa shape index (κ2) is 8.39. The molecule has 0 unspecified atom stereocenters. The lowest BCUT2D eigenvalue weighted by atomic mass is 9.85. The summed E-state index contributed by atoms with van der Waals surface area (Å²) in [7, 11) is 0. The third kappa shape index (κ3) is 4.00. The lowest BCUT2D eigenvalue weighted by Gasteiger charge is -2.26. The number of nitrogens with zero attached hydrogens (tertiary/aromatic N) is 2. The molecule has 1 atom stereocenters. The largest absolute Gasteiger partial charge is 0.465 e. The van der Waals surface area contributed by atoms with Gasteiger partial charge in [-0.2, -0.15) is 0 Å². The maximum absolute atomic E-state index is 13.4. The van der Waals surface area contributed by atoms with E-state index in [-0.39, 0.29) is 17.6 Å². The van der Waals surface area contributed by atoms with Gasteiger partial charge in [0, 0.05) is 6.08 Å². The average Bonchev–Trinajstić information content (AvgIpc) is 3.35. The number of hydrogen-bond donors (Lipinski definition) is 0. The summed E-state index contributed by atoms with van der Waals surface area (Å²) in [6, 6.07) is 11.0. The van der Waals surface area contributed by atoms with Crippen molar-refractivity contribution in [1.82, 2.24) is 4.57 Å². The van der Waals surface area contributed by atoms with Gasteiger partial charge in [0.1, 0.15) is 5.76 Å². The van der Waals surface area contributed by atoms with Crippen LogP contribution in [0.4, 0.5) is 0 Å². The van der Waals surface area contributed by atoms with Gasteiger partial charge < -0.3 is 9.15 Å². The van der Waals surface area contributed by atoms with Gasteiger partial charge in [-0.15, -0.1) is 0 Å². The van der Waals surface area contributed by atoms with Gasteiger partial charge in [0.15, 0.2) is 4.80 Å². The number of esters is 1. The summed E-state index contributed by atoms with van der Waals surface area (Å²) in [6.45, 7) is 10.2. The molecule has 1 aromatic carbocycles. The summed E-state index contributed by atoms with van der Waals surface area (Å²) < 4.78 is 12.8. The maximum Gasteiger partial charge on any atom is 0.338 e. The number of thiazole rings is 1. The normalized spacial score (nSPS) is 16.7. The smallest absolute Gasteiger partial charge is 0.338 e. The Labute approximate surface area is 190 Å². The van der Waals surface area contributed by atoms with E-state index >= 15 is 0 Å². The summed E-state index contributed by atoms with van der Waals surface area (Å²) in [5.74, 6) is 0.127. The highest BCUT2D eigenvalue weighted by Gasteiger charge is 2.33. The molecule has 2 aromatic heterocycles. The molecular formula is C25H26N2O4S. The van der Waals surface area contributed by atoms with Crippen molar-refractivity contribution in [2.24, 2.45) is 4.99 Å². The van der Waals surface area contributed by atoms with Crippen molar-refractivity contribution in [2.75, 3.05) is 6.61 Å². The van der Waals surface area contributed by atoms with Crippen molar-refractivity contribution in [3.63, 3.8) is 0 Å². The number of rotatable bonds is 4. The van der Waals surface area contributed by atoms with Crippen LogP contribution in [0.25, 0.3) is 6.08 Å². The molecular weight excluding hydrogens is 424 g/mol. The number of aromatic nitrogens is 1. The third-order valence-electron chi connectivity index (χ3n) is 5.43. The first-order chi connectivity index (χ1) is 15.2. The molecule has 32 heavy (non-hydrogen) atoms. The number of allylic oxidation sites excluding steroid dienone is 1. The van der Waals surface area contributed by atoms with Gasteiger partial charge in [-0.3, -0.25) is 9.36 Å². The molecule has 0 saturated heterocycles. The van der Waals surface area contributed by atoms with Crippen molar-refractivity contribution in [2.45, 2.75) is 46.1 Å². The minimum absolute atomic E-state index is 0.00823. The van der Waals surface area contributed by atoms with Crippen LogP contribution in [0.15, 0.2) is 68.1 Å². The van der Waals surface area contributed by atoms with Crippen LogP contribution >= 0.6 is 11.3 Å². The van der Waals surface area contributed by atoms with Crippen LogP contribution in [0.2, 0.25) is 0 Å². The Bertz CT molecular complexity index is 1350. The standard InChI is InChI=1S/C25H26N2O4S/c1-6-30-23(29)20-15(2)26-24-27(22(28)19(32-24)14-18-8-7-13-31-18)21(20)16-9-11-17(12-10-16)25(3,4)5/h7-14,21H,6H2,1-5H3/b19-14+/t21-/m1/s1. The average molecular weight is 451 g/mol. The van der Waals surface area contributed by atoms with Gasteiger partial charge in [0.2, 0.25) is 0 Å². The van der Waals surface area contributed by atoms with E-state index in [0.717, 1.165) is 5.56 Å². The molecule has 0 spiro atoms. The van der Waals surface area contributed by atoms with Crippen LogP contribution in [0, 0.1) is 0 Å². The first-order valence-corrected chi connectivity index (χ1v) is 11.4. The molecule has 0 amide bonds. The second-order valence-electron chi connectivity index (χ2n) is 8.69. The Kier molecular flexibility index (Phi) is 5.77. The molecule has 0 fully saturated rings. The first kappa shape index (κ1) is 22.0. The molecule has 1 aliphatic heterocycles. The van der Waals surface area contributed by atoms with E-state index < -0.39 is 12.0 Å². The molecule has 0 radical (unpaired) electrons. The first-order valence-electron chi connectivity index (χ1n) is 10.5. The quantitative estimate of drug-likeness (QED) is 0.569. The Morgan fingerprint density at radius 2 is 1.97 bits per heavy atom. The lowest BCUT2D eigenvalue weighted by molar-refractivity contribution is -0.139. The number of fused-ring (bicyclic) bond motifs is 1. The molecule has 3 heterocycles. The van der Waals surface area contributed by atoms with Gasteiger partial charge in [0.25, 0.3) is 5.56 Å². The maximum atomic E-state index is 13.4. The van der Waals surface area contributed by atoms with E-state index in [9.17, 15) is 9.59 Å². The molecule has 4 rings (SSSR count). The predicted octanol–water partition coefficient (Wildman–Crippen LogP) is 3.69. The summed E-state index contributed by atoms with van der Waals surface area (Å²) in [4.78, 5) is 31.5. The molecule has 166 valence electrons. The van der Waals surface area contributed by atoms with Crippen molar-refractivity contribution < 1.29 is 13.9 Å². The minimum Gasteiger partial charge on any atom is -0.465 e. The Morgan fingerprint density at radius 1 is 1.25 bits per heavy atom. The zero-order chi connectivity index (χ0) is 23.0. The van der Waals surface area contributed by atoms with Crippen LogP contribution in [0.3, 0.4) is 0 Å². The van der Waals surface area contributed by atoms with Crippen molar-refractivity contribution >= 4 is 23.4 Å². The van der Waals surface area contributed by atoms with Crippen LogP contribution < -0.4 is 14.9 Å². The highest BCUT2D eigenvalue weighted by atomic mass is 32.1. The fourth-order valence-corrected chi connectivity index (χ4v) is 4.80. The molecule has 1 aliphatic rings. The van der Waals surface area contributed by atoms with Crippen molar-refractivity contribution in [3.8, 4) is 0 Å². The van der Waals surface area contributed by atoms with Gasteiger partial charge in [-0.25, -0.2) is 9.79 Å². The fraction of sp³-hybridized carbons (Fsp3) is 0.320. The summed E-state index contributed by atoms with van der Waals surface area (Å²) in [5, 5.41) is 0. The number of ether oxygens (including phenoxy) is 1. The van der Waals surface area contributed by atoms with Crippen molar-refractivity contribution in [3.05, 3.63) is 90.5 Å². The van der Waals surface area contributed by atoms with Crippen LogP contribution in [-0.4, -0.2) is 17.1 Å². The molecule has 0 N–H and O–H groups in total. The predicted molar refractivity (Wildman–Crippen MR) is 124 cm³/mol. The van der Waals surface area contributed by atoms with Gasteiger partial charge in [0.05, 0.1) is 34.7 Å². The van der Waals surface area contributed by atoms with Crippen molar-refractivity contribution in [1.29, 1.82) is 0 Å². The Morgan fingerprint density at radius 3 is 2.56 bits per heavy atom. The van der Waals surface area contributed by atoms with E-state index in [1.54, 1.807) is 42.9 Å². The monoisotopic (exact) mass is 450 g/mol. The highest BCUT2D eigenvalue weighted by Crippen LogP contribution is 2.32. The van der Waals surface area contributed by atoms with Gasteiger partial charge in [-0.05, 0) is 42.5 Å². The molecule has 0 aliphatic carbocycles. The van der Waals surface area contributed by atoms with Gasteiger partial charge in [-0.1, -0.05) is 56.4 Å². The Hall–Kier alpha value is -3.19. The minimum atomic E-state index is -0.613. The van der Waals surface area contributed by atoms with Gasteiger partial charge >= 0.3 is 5.97 Å². The Balaban J connectivity index is 1.94. The molecule has 3 aromatic rings. The van der Waals surface area contributed by atoms with E-state index in [1.807, 2.05) is 24.3 Å². The number of furan rings is 1. The molecule has 7 heteroatoms. The fourth-order valence-electron chi connectivity index (χ4n) is 3.77. The third-order valence-corrected chi connectivity index (χ3v) is 6.41. The SMILES string of the molecule is CCOC(=O)C1=C(C)N=c2s/c(=C/c3ccco3)c(=O)n2[C@@H]1c1ccc(C(C)(C)C)cc1. The highest BCUT2D eigenvalue weighted by molar-refractivity contribution is 7.07. The van der Waals surface area contributed by atoms with E-state index in [4.69, 9.17) is 9.15 Å². The van der Waals surface area contributed by atoms with Crippen LogP contribution in [0.5, 0.6) is 0 Å². The van der Waals surface area contributed by atoms with E-state index in [2.05, 4.69) is 25.8 Å². The second-order valence-corrected chi connectivity index (χ2v) is 9.70. The van der Waals surface area contributed by atoms with E-state index in [0.29, 0.717) is 26.4 Å². The summed E-state index contributed by atoms with van der Waals surface area (Å²) in [5.41, 5.74) is 2.72. The molecule has 0 saturated carbocycles. The van der Waals surface area contributed by atoms with Crippen LogP contribution in [0.1, 0.15) is 57.5 Å². The lowest BCUT2D eigenvalue weighted by Crippen LogP contribution is -2.40. The zero-order valence-corrected chi connectivity index (χ0v) is 19.7. The molecule has 0 bridgehead atoms. The number of hydrogen-bond acceptors (Lipinski definition) is 6. The number of carbonyl (C=O) groups excluding carboxylic acids is 1. The van der Waals surface area contributed by atoms with Crippen LogP contribution in [-0.2, 0) is 14.9 Å².